The number of aliphatic hydroxyl groups is 10. The van der Waals surface area contributed by atoms with Crippen LogP contribution in [0.4, 0.5) is 0 Å². The van der Waals surface area contributed by atoms with Crippen molar-refractivity contribution >= 4 is 0 Å². The summed E-state index contributed by atoms with van der Waals surface area (Å²) in [6, 6.07) is 0. The van der Waals surface area contributed by atoms with E-state index in [4.69, 9.17) is 23.7 Å². The van der Waals surface area contributed by atoms with Crippen molar-refractivity contribution in [1.29, 1.82) is 0 Å². The van der Waals surface area contributed by atoms with Crippen LogP contribution < -0.4 is 0 Å². The first-order chi connectivity index (χ1) is 15.5. The largest absolute Gasteiger partial charge is 0.394 e. The van der Waals surface area contributed by atoms with E-state index in [1.807, 2.05) is 0 Å². The molecule has 15 atom stereocenters. The van der Waals surface area contributed by atoms with Gasteiger partial charge in [-0.1, -0.05) is 0 Å². The van der Waals surface area contributed by atoms with Crippen molar-refractivity contribution in [2.24, 2.45) is 0 Å². The minimum absolute atomic E-state index is 0.743. The summed E-state index contributed by atoms with van der Waals surface area (Å²) in [5, 5.41) is 99.6. The first-order valence-electron chi connectivity index (χ1n) is 10.4. The highest BCUT2D eigenvalue weighted by atomic mass is 16.8. The van der Waals surface area contributed by atoms with Crippen molar-refractivity contribution in [3.05, 3.63) is 0 Å². The van der Waals surface area contributed by atoms with Gasteiger partial charge in [0.15, 0.2) is 18.9 Å². The molecule has 0 radical (unpaired) electrons. The molecule has 0 aromatic carbocycles. The molecule has 0 aliphatic carbocycles. The molecule has 0 bridgehead atoms. The van der Waals surface area contributed by atoms with Crippen LogP contribution in [0.25, 0.3) is 0 Å². The van der Waals surface area contributed by atoms with Crippen LogP contribution in [-0.2, 0) is 23.7 Å². The van der Waals surface area contributed by atoms with Crippen LogP contribution >= 0.6 is 0 Å². The average molecular weight is 488 g/mol. The van der Waals surface area contributed by atoms with E-state index in [1.165, 1.54) is 6.92 Å². The molecule has 0 aromatic rings. The summed E-state index contributed by atoms with van der Waals surface area (Å²) in [5.41, 5.74) is 0. The van der Waals surface area contributed by atoms with Crippen LogP contribution in [0.3, 0.4) is 0 Å². The van der Waals surface area contributed by atoms with Crippen molar-refractivity contribution in [2.75, 3.05) is 13.2 Å². The Morgan fingerprint density at radius 2 is 1.03 bits per heavy atom. The minimum atomic E-state index is -1.84. The third kappa shape index (κ3) is 5.32. The normalized spacial score (nSPS) is 53.7. The van der Waals surface area contributed by atoms with E-state index >= 15 is 0 Å². The summed E-state index contributed by atoms with van der Waals surface area (Å²) in [6.07, 6.45) is -24.0. The third-order valence-corrected chi connectivity index (χ3v) is 6.05. The Morgan fingerprint density at radius 3 is 1.61 bits per heavy atom. The predicted octanol–water partition coefficient (Wildman–Crippen LogP) is -6.55. The van der Waals surface area contributed by atoms with Crippen LogP contribution in [0.1, 0.15) is 6.92 Å². The molecule has 0 spiro atoms. The van der Waals surface area contributed by atoms with E-state index in [-0.39, 0.29) is 0 Å². The van der Waals surface area contributed by atoms with Crippen LogP contribution in [0.15, 0.2) is 0 Å². The topological polar surface area (TPSA) is 248 Å². The zero-order chi connectivity index (χ0) is 24.6. The maximum Gasteiger partial charge on any atom is 0.187 e. The second kappa shape index (κ2) is 11.0. The monoisotopic (exact) mass is 488 g/mol. The predicted molar refractivity (Wildman–Crippen MR) is 99.8 cm³/mol. The molecule has 3 aliphatic heterocycles. The van der Waals surface area contributed by atoms with Gasteiger partial charge in [0, 0.05) is 0 Å². The van der Waals surface area contributed by atoms with Gasteiger partial charge < -0.3 is 74.7 Å². The molecule has 3 fully saturated rings. The van der Waals surface area contributed by atoms with E-state index in [0.29, 0.717) is 0 Å². The van der Waals surface area contributed by atoms with Gasteiger partial charge in [-0.2, -0.15) is 0 Å². The van der Waals surface area contributed by atoms with Gasteiger partial charge in [0.25, 0.3) is 0 Å². The Morgan fingerprint density at radius 1 is 0.545 bits per heavy atom. The second-order valence-corrected chi connectivity index (χ2v) is 8.32. The quantitative estimate of drug-likeness (QED) is 0.167. The van der Waals surface area contributed by atoms with Gasteiger partial charge in [-0.15, -0.1) is 0 Å². The molecule has 33 heavy (non-hydrogen) atoms. The molecule has 3 saturated heterocycles. The second-order valence-electron chi connectivity index (χ2n) is 8.32. The highest BCUT2D eigenvalue weighted by molar-refractivity contribution is 4.95. The fourth-order valence-electron chi connectivity index (χ4n) is 4.01. The Kier molecular flexibility index (Phi) is 8.99. The Labute approximate surface area is 187 Å². The molecule has 15 heteroatoms. The molecule has 3 heterocycles. The summed E-state index contributed by atoms with van der Waals surface area (Å²) >= 11 is 0. The fourth-order valence-corrected chi connectivity index (χ4v) is 4.01. The van der Waals surface area contributed by atoms with Crippen molar-refractivity contribution in [3.63, 3.8) is 0 Å². The maximum atomic E-state index is 10.6. The molecule has 194 valence electrons. The maximum absolute atomic E-state index is 10.6. The van der Waals surface area contributed by atoms with Gasteiger partial charge in [-0.05, 0) is 6.92 Å². The minimum Gasteiger partial charge on any atom is -0.394 e. The van der Waals surface area contributed by atoms with Crippen molar-refractivity contribution < 1.29 is 74.7 Å². The number of rotatable bonds is 6. The van der Waals surface area contributed by atoms with Crippen LogP contribution in [-0.4, -0.2) is 156 Å². The van der Waals surface area contributed by atoms with Crippen molar-refractivity contribution in [2.45, 2.75) is 99.0 Å². The number of aliphatic hydroxyl groups excluding tert-OH is 10. The average Bonchev–Trinajstić information content (AvgIpc) is 2.79. The summed E-state index contributed by atoms with van der Waals surface area (Å²) in [7, 11) is 0. The van der Waals surface area contributed by atoms with Crippen LogP contribution in [0.2, 0.25) is 0 Å². The zero-order valence-electron chi connectivity index (χ0n) is 17.6. The lowest BCUT2D eigenvalue weighted by Crippen LogP contribution is -2.66. The summed E-state index contributed by atoms with van der Waals surface area (Å²) < 4.78 is 26.9. The van der Waals surface area contributed by atoms with E-state index < -0.39 is 105 Å². The van der Waals surface area contributed by atoms with Gasteiger partial charge >= 0.3 is 0 Å². The van der Waals surface area contributed by atoms with Gasteiger partial charge in [-0.25, -0.2) is 0 Å². The van der Waals surface area contributed by atoms with Crippen LogP contribution in [0.5, 0.6) is 0 Å². The molecular formula is C18H32O15. The highest BCUT2D eigenvalue weighted by Crippen LogP contribution is 2.32. The number of ether oxygens (including phenoxy) is 5. The molecule has 1 unspecified atom stereocenters. The first kappa shape index (κ1) is 27.0. The molecule has 0 aromatic heterocycles. The van der Waals surface area contributed by atoms with E-state index in [0.717, 1.165) is 0 Å². The standard InChI is InChI=1S/C18H32O15/c1-4-14(11(25)12(26)16(28)29-4)32-18-15(10(24)8(22)6(3-20)31-18)33-17-13(27)9(23)7(21)5(2-19)30-17/h4-28H,2-3H2,1H3/t4-,5+,6+,7-,8+,9-,10-,11-,12+,13+,14-,15-,16?,17+,18+/m0/s1. The summed E-state index contributed by atoms with van der Waals surface area (Å²) in [6.45, 7) is -0.0768. The lowest BCUT2D eigenvalue weighted by molar-refractivity contribution is -0.385. The zero-order valence-corrected chi connectivity index (χ0v) is 17.6. The summed E-state index contributed by atoms with van der Waals surface area (Å²) in [5.74, 6) is 0. The molecule has 10 N–H and O–H groups in total. The fraction of sp³-hybridized carbons (Fsp3) is 1.00. The lowest BCUT2D eigenvalue weighted by atomic mass is 9.96. The molecule has 0 amide bonds. The molecule has 3 aliphatic rings. The smallest absolute Gasteiger partial charge is 0.187 e. The van der Waals surface area contributed by atoms with E-state index in [1.54, 1.807) is 0 Å². The molecule has 3 rings (SSSR count). The summed E-state index contributed by atoms with van der Waals surface area (Å²) in [4.78, 5) is 0. The van der Waals surface area contributed by atoms with E-state index in [2.05, 4.69) is 0 Å². The Hall–Kier alpha value is -0.600. The Bertz CT molecular complexity index is 624. The van der Waals surface area contributed by atoms with Gasteiger partial charge in [0.1, 0.15) is 67.1 Å². The molecule has 15 nitrogen and oxygen atoms in total. The lowest BCUT2D eigenvalue weighted by Gasteiger charge is -2.48. The first-order valence-corrected chi connectivity index (χ1v) is 10.4. The molecule has 0 saturated carbocycles. The van der Waals surface area contributed by atoms with E-state index in [9.17, 15) is 51.1 Å². The van der Waals surface area contributed by atoms with Gasteiger partial charge in [0.05, 0.1) is 19.3 Å². The number of hydrogen-bond donors (Lipinski definition) is 10. The molecular weight excluding hydrogens is 456 g/mol. The highest BCUT2D eigenvalue weighted by Gasteiger charge is 2.53. The van der Waals surface area contributed by atoms with Crippen LogP contribution in [0, 0.1) is 0 Å². The Balaban J connectivity index is 1.82. The van der Waals surface area contributed by atoms with Crippen molar-refractivity contribution in [1.82, 2.24) is 0 Å². The number of hydrogen-bond acceptors (Lipinski definition) is 15. The van der Waals surface area contributed by atoms with Crippen molar-refractivity contribution in [3.8, 4) is 0 Å². The van der Waals surface area contributed by atoms with Gasteiger partial charge in [0.2, 0.25) is 0 Å². The van der Waals surface area contributed by atoms with Gasteiger partial charge in [-0.3, -0.25) is 0 Å². The SMILES string of the molecule is C[C@@H]1OC(O)[C@H](O)[C@H](O)[C@H]1O[C@H]1O[C@H](CO)[C@@H](O)[C@H](O)[C@@H]1O[C@H]1O[C@H](CO)[C@H](O)[C@H](O)[C@H]1O. The third-order valence-electron chi connectivity index (χ3n) is 6.05.